The molecular formula is C11H9ClN2O2. The second kappa shape index (κ2) is 3.72. The molecule has 0 fully saturated rings. The Balaban J connectivity index is 2.89. The van der Waals surface area contributed by atoms with Crippen LogP contribution in [-0.4, -0.2) is 9.91 Å². The summed E-state index contributed by atoms with van der Waals surface area (Å²) in [6.07, 6.45) is 1.20. The summed E-state index contributed by atoms with van der Waals surface area (Å²) in [6.45, 7) is 3.82. The molecule has 1 aromatic heterocycles. The number of pyridine rings is 1. The van der Waals surface area contributed by atoms with Gasteiger partial charge in [-0.2, -0.15) is 0 Å². The van der Waals surface area contributed by atoms with Gasteiger partial charge in [0.15, 0.2) is 0 Å². The summed E-state index contributed by atoms with van der Waals surface area (Å²) >= 11 is 6.01. The molecule has 1 heterocycles. The van der Waals surface area contributed by atoms with E-state index >= 15 is 0 Å². The second-order valence-corrected chi connectivity index (χ2v) is 4.07. The molecular weight excluding hydrogens is 228 g/mol. The number of fused-ring (bicyclic) bond motifs is 1. The molecule has 0 N–H and O–H groups in total. The number of nitrogens with zero attached hydrogens (tertiary/aromatic N) is 2. The summed E-state index contributed by atoms with van der Waals surface area (Å²) in [6, 6.07) is 3.79. The zero-order valence-corrected chi connectivity index (χ0v) is 9.58. The Morgan fingerprint density at radius 2 is 2.06 bits per heavy atom. The molecule has 1 aromatic carbocycles. The molecule has 0 saturated carbocycles. The normalized spacial score (nSPS) is 10.7. The Morgan fingerprint density at radius 1 is 1.38 bits per heavy atom. The van der Waals surface area contributed by atoms with E-state index in [4.69, 9.17) is 11.6 Å². The van der Waals surface area contributed by atoms with Crippen molar-refractivity contribution in [2.24, 2.45) is 0 Å². The fourth-order valence-electron chi connectivity index (χ4n) is 1.78. The Hall–Kier alpha value is -1.68. The predicted molar refractivity (Wildman–Crippen MR) is 62.9 cm³/mol. The first-order valence-corrected chi connectivity index (χ1v) is 5.08. The van der Waals surface area contributed by atoms with Crippen molar-refractivity contribution in [3.05, 3.63) is 44.6 Å². The second-order valence-electron chi connectivity index (χ2n) is 3.69. The van der Waals surface area contributed by atoms with Crippen LogP contribution < -0.4 is 0 Å². The molecule has 16 heavy (non-hydrogen) atoms. The van der Waals surface area contributed by atoms with E-state index in [1.807, 2.05) is 26.0 Å². The van der Waals surface area contributed by atoms with Crippen molar-refractivity contribution in [1.29, 1.82) is 0 Å². The standard InChI is InChI=1S/C11H9ClN2O2/c1-6-3-7(2)10-8(4-6)13-5-9(11(10)12)14(15)16/h3-5H,1-2H3. The van der Waals surface area contributed by atoms with Gasteiger partial charge in [-0.05, 0) is 31.0 Å². The van der Waals surface area contributed by atoms with Crippen LogP contribution in [0.15, 0.2) is 18.3 Å². The van der Waals surface area contributed by atoms with Crippen molar-refractivity contribution in [2.45, 2.75) is 13.8 Å². The van der Waals surface area contributed by atoms with E-state index in [0.29, 0.717) is 10.9 Å². The van der Waals surface area contributed by atoms with Gasteiger partial charge in [0.05, 0.1) is 10.4 Å². The molecule has 0 aliphatic heterocycles. The van der Waals surface area contributed by atoms with E-state index in [-0.39, 0.29) is 10.7 Å². The maximum atomic E-state index is 10.7. The molecule has 0 amide bonds. The molecule has 82 valence electrons. The summed E-state index contributed by atoms with van der Waals surface area (Å²) in [7, 11) is 0. The zero-order chi connectivity index (χ0) is 11.9. The number of rotatable bonds is 1. The van der Waals surface area contributed by atoms with Crippen molar-refractivity contribution in [1.82, 2.24) is 4.98 Å². The van der Waals surface area contributed by atoms with Gasteiger partial charge < -0.3 is 0 Å². The Morgan fingerprint density at radius 3 is 2.69 bits per heavy atom. The Labute approximate surface area is 97.0 Å². The van der Waals surface area contributed by atoms with Crippen LogP contribution >= 0.6 is 11.6 Å². The van der Waals surface area contributed by atoms with Crippen LogP contribution in [0.5, 0.6) is 0 Å². The Bertz CT molecular complexity index is 596. The van der Waals surface area contributed by atoms with Crippen molar-refractivity contribution in [3.8, 4) is 0 Å². The van der Waals surface area contributed by atoms with E-state index in [1.54, 1.807) is 0 Å². The molecule has 0 atom stereocenters. The first-order valence-electron chi connectivity index (χ1n) is 4.70. The van der Waals surface area contributed by atoms with Crippen LogP contribution in [0.3, 0.4) is 0 Å². The number of hydrogen-bond acceptors (Lipinski definition) is 3. The average Bonchev–Trinajstić information content (AvgIpc) is 2.15. The molecule has 2 rings (SSSR count). The van der Waals surface area contributed by atoms with Crippen LogP contribution in [0.25, 0.3) is 10.9 Å². The quantitative estimate of drug-likeness (QED) is 0.563. The third-order valence-electron chi connectivity index (χ3n) is 2.43. The van der Waals surface area contributed by atoms with Crippen molar-refractivity contribution >= 4 is 28.2 Å². The van der Waals surface area contributed by atoms with Gasteiger partial charge in [-0.3, -0.25) is 10.1 Å². The first-order chi connectivity index (χ1) is 7.50. The van der Waals surface area contributed by atoms with Gasteiger partial charge in [0.1, 0.15) is 11.2 Å². The number of aryl methyl sites for hydroxylation is 2. The van der Waals surface area contributed by atoms with Gasteiger partial charge >= 0.3 is 5.69 Å². The SMILES string of the molecule is Cc1cc(C)c2c(Cl)c([N+](=O)[O-])cnc2c1. The summed E-state index contributed by atoms with van der Waals surface area (Å²) in [5, 5.41) is 11.5. The lowest BCUT2D eigenvalue weighted by Crippen LogP contribution is -1.93. The van der Waals surface area contributed by atoms with E-state index in [1.165, 1.54) is 6.20 Å². The molecule has 2 aromatic rings. The molecule has 0 bridgehead atoms. The van der Waals surface area contributed by atoms with Gasteiger partial charge in [-0.1, -0.05) is 17.7 Å². The molecule has 0 spiro atoms. The van der Waals surface area contributed by atoms with Gasteiger partial charge in [0.2, 0.25) is 0 Å². The lowest BCUT2D eigenvalue weighted by Gasteiger charge is -2.05. The fourth-order valence-corrected chi connectivity index (χ4v) is 2.14. The van der Waals surface area contributed by atoms with E-state index in [0.717, 1.165) is 11.1 Å². The summed E-state index contributed by atoms with van der Waals surface area (Å²) < 4.78 is 0. The smallest absolute Gasteiger partial charge is 0.258 e. The average molecular weight is 237 g/mol. The monoisotopic (exact) mass is 236 g/mol. The number of nitro groups is 1. The van der Waals surface area contributed by atoms with Crippen molar-refractivity contribution < 1.29 is 4.92 Å². The Kier molecular flexibility index (Phi) is 2.52. The van der Waals surface area contributed by atoms with Crippen LogP contribution in [0.2, 0.25) is 5.02 Å². The third-order valence-corrected chi connectivity index (χ3v) is 2.81. The lowest BCUT2D eigenvalue weighted by atomic mass is 10.1. The number of hydrogen-bond donors (Lipinski definition) is 0. The fraction of sp³-hybridized carbons (Fsp3) is 0.182. The van der Waals surface area contributed by atoms with Crippen LogP contribution in [-0.2, 0) is 0 Å². The van der Waals surface area contributed by atoms with Gasteiger partial charge in [0, 0.05) is 5.39 Å². The van der Waals surface area contributed by atoms with E-state index in [9.17, 15) is 10.1 Å². The number of halogens is 1. The molecule has 5 heteroatoms. The highest BCUT2D eigenvalue weighted by Gasteiger charge is 2.17. The number of aromatic nitrogens is 1. The van der Waals surface area contributed by atoms with Gasteiger partial charge in [0.25, 0.3) is 0 Å². The minimum absolute atomic E-state index is 0.152. The highest BCUT2D eigenvalue weighted by Crippen LogP contribution is 2.33. The van der Waals surface area contributed by atoms with Crippen LogP contribution in [0.4, 0.5) is 5.69 Å². The predicted octanol–water partition coefficient (Wildman–Crippen LogP) is 3.41. The minimum Gasteiger partial charge on any atom is -0.258 e. The molecule has 0 radical (unpaired) electrons. The summed E-state index contributed by atoms with van der Waals surface area (Å²) in [5.74, 6) is 0. The maximum absolute atomic E-state index is 10.7. The van der Waals surface area contributed by atoms with Gasteiger partial charge in [-0.25, -0.2) is 4.98 Å². The molecule has 0 aliphatic rings. The van der Waals surface area contributed by atoms with E-state index in [2.05, 4.69) is 4.98 Å². The highest BCUT2D eigenvalue weighted by molar-refractivity contribution is 6.37. The summed E-state index contributed by atoms with van der Waals surface area (Å²) in [4.78, 5) is 14.3. The third kappa shape index (κ3) is 1.61. The maximum Gasteiger partial charge on any atom is 0.306 e. The first kappa shape index (κ1) is 10.8. The zero-order valence-electron chi connectivity index (χ0n) is 8.82. The number of benzene rings is 1. The molecule has 0 saturated heterocycles. The molecule has 4 nitrogen and oxygen atoms in total. The highest BCUT2D eigenvalue weighted by atomic mass is 35.5. The minimum atomic E-state index is -0.520. The molecule has 0 unspecified atom stereocenters. The van der Waals surface area contributed by atoms with Crippen molar-refractivity contribution in [2.75, 3.05) is 0 Å². The summed E-state index contributed by atoms with van der Waals surface area (Å²) in [5.41, 5.74) is 2.49. The lowest BCUT2D eigenvalue weighted by molar-refractivity contribution is -0.384. The van der Waals surface area contributed by atoms with Gasteiger partial charge in [-0.15, -0.1) is 0 Å². The van der Waals surface area contributed by atoms with Crippen LogP contribution in [0.1, 0.15) is 11.1 Å². The topological polar surface area (TPSA) is 56.0 Å². The molecule has 0 aliphatic carbocycles. The largest absolute Gasteiger partial charge is 0.306 e. The van der Waals surface area contributed by atoms with Crippen molar-refractivity contribution in [3.63, 3.8) is 0 Å². The van der Waals surface area contributed by atoms with E-state index < -0.39 is 4.92 Å². The van der Waals surface area contributed by atoms with Crippen LogP contribution in [0, 0.1) is 24.0 Å².